The van der Waals surface area contributed by atoms with E-state index >= 15 is 0 Å². The summed E-state index contributed by atoms with van der Waals surface area (Å²) in [6, 6.07) is 20.8. The Morgan fingerprint density at radius 3 is 2.31 bits per heavy atom. The third kappa shape index (κ3) is 5.89. The van der Waals surface area contributed by atoms with Gasteiger partial charge in [0.25, 0.3) is 5.69 Å². The highest BCUT2D eigenvalue weighted by molar-refractivity contribution is 5.99. The SMILES string of the molecule is CC(C)(C)c1cc(NC(=O)Nc2ccc(Cc3ccccn3)cc2)n(-c2ccc([N+](=O)[O-])cc2)n1. The zero-order valence-electron chi connectivity index (χ0n) is 19.7. The van der Waals surface area contributed by atoms with E-state index in [-0.39, 0.29) is 11.1 Å². The van der Waals surface area contributed by atoms with Gasteiger partial charge in [-0.2, -0.15) is 5.10 Å². The first-order valence-corrected chi connectivity index (χ1v) is 11.1. The van der Waals surface area contributed by atoms with E-state index in [4.69, 9.17) is 0 Å². The topological polar surface area (TPSA) is 115 Å². The molecule has 2 heterocycles. The maximum Gasteiger partial charge on any atom is 0.324 e. The van der Waals surface area contributed by atoms with Gasteiger partial charge in [-0.15, -0.1) is 0 Å². The minimum atomic E-state index is -0.457. The van der Waals surface area contributed by atoms with Gasteiger partial charge in [0, 0.05) is 47.6 Å². The number of anilines is 2. The monoisotopic (exact) mass is 470 g/mol. The number of nitro benzene ring substituents is 1. The van der Waals surface area contributed by atoms with Crippen molar-refractivity contribution in [2.45, 2.75) is 32.6 Å². The lowest BCUT2D eigenvalue weighted by molar-refractivity contribution is -0.384. The maximum atomic E-state index is 12.8. The van der Waals surface area contributed by atoms with Crippen LogP contribution in [-0.4, -0.2) is 25.7 Å². The number of non-ortho nitro benzene ring substituents is 1. The van der Waals surface area contributed by atoms with Crippen molar-refractivity contribution in [2.24, 2.45) is 0 Å². The number of rotatable bonds is 6. The predicted octanol–water partition coefficient (Wildman–Crippen LogP) is 5.71. The Hall–Kier alpha value is -4.53. The lowest BCUT2D eigenvalue weighted by atomic mass is 9.92. The Kier molecular flexibility index (Phi) is 6.59. The molecule has 0 aliphatic rings. The third-order valence-electron chi connectivity index (χ3n) is 5.35. The van der Waals surface area contributed by atoms with Gasteiger partial charge in [0.15, 0.2) is 0 Å². The summed E-state index contributed by atoms with van der Waals surface area (Å²) in [5.41, 5.74) is 3.79. The Morgan fingerprint density at radius 2 is 1.71 bits per heavy atom. The van der Waals surface area contributed by atoms with Gasteiger partial charge in [0.2, 0.25) is 0 Å². The highest BCUT2D eigenvalue weighted by atomic mass is 16.6. The van der Waals surface area contributed by atoms with E-state index in [2.05, 4.69) is 20.7 Å². The minimum Gasteiger partial charge on any atom is -0.308 e. The molecule has 4 aromatic rings. The van der Waals surface area contributed by atoms with Crippen molar-refractivity contribution in [3.05, 3.63) is 106 Å². The van der Waals surface area contributed by atoms with Crippen LogP contribution in [0.4, 0.5) is 22.0 Å². The number of pyridine rings is 1. The Labute approximate surface area is 203 Å². The van der Waals surface area contributed by atoms with Crippen LogP contribution in [0.2, 0.25) is 0 Å². The Bertz CT molecular complexity index is 1320. The number of aromatic nitrogens is 3. The Morgan fingerprint density at radius 1 is 1.00 bits per heavy atom. The van der Waals surface area contributed by atoms with Crippen LogP contribution in [0.25, 0.3) is 5.69 Å². The molecule has 0 aliphatic heterocycles. The number of amides is 2. The second-order valence-electron chi connectivity index (χ2n) is 9.12. The van der Waals surface area contributed by atoms with Crippen LogP contribution in [0.3, 0.4) is 0 Å². The lowest BCUT2D eigenvalue weighted by Crippen LogP contribution is -2.21. The van der Waals surface area contributed by atoms with Crippen LogP contribution in [0.15, 0.2) is 79.0 Å². The molecular weight excluding hydrogens is 444 g/mol. The van der Waals surface area contributed by atoms with Crippen LogP contribution in [0.1, 0.15) is 37.7 Å². The fraction of sp³-hybridized carbons (Fsp3) is 0.192. The summed E-state index contributed by atoms with van der Waals surface area (Å²) in [4.78, 5) is 27.7. The average molecular weight is 471 g/mol. The van der Waals surface area contributed by atoms with Crippen LogP contribution >= 0.6 is 0 Å². The van der Waals surface area contributed by atoms with Crippen molar-refractivity contribution >= 4 is 23.2 Å². The van der Waals surface area contributed by atoms with Crippen LogP contribution in [0, 0.1) is 10.1 Å². The van der Waals surface area contributed by atoms with Crippen LogP contribution < -0.4 is 10.6 Å². The second kappa shape index (κ2) is 9.76. The van der Waals surface area contributed by atoms with Gasteiger partial charge >= 0.3 is 6.03 Å². The van der Waals surface area contributed by atoms with Gasteiger partial charge in [-0.3, -0.25) is 20.4 Å². The molecule has 2 aromatic carbocycles. The number of urea groups is 1. The maximum absolute atomic E-state index is 12.8. The number of hydrogen-bond donors (Lipinski definition) is 2. The standard InChI is InChI=1S/C26H26N6O3/c1-26(2,3)23-17-24(31(30-23)21-11-13-22(14-12-21)32(34)35)29-25(33)28-19-9-7-18(8-10-19)16-20-6-4-5-15-27-20/h4-15,17H,16H2,1-3H3,(H2,28,29,33). The summed E-state index contributed by atoms with van der Waals surface area (Å²) in [6.45, 7) is 6.06. The molecular formula is C26H26N6O3. The van der Waals surface area contributed by atoms with Crippen molar-refractivity contribution in [2.75, 3.05) is 10.6 Å². The van der Waals surface area contributed by atoms with Crippen molar-refractivity contribution in [3.8, 4) is 5.69 Å². The molecule has 9 heteroatoms. The molecule has 2 aromatic heterocycles. The molecule has 0 fully saturated rings. The predicted molar refractivity (Wildman–Crippen MR) is 135 cm³/mol. The fourth-order valence-corrected chi connectivity index (χ4v) is 3.45. The van der Waals surface area contributed by atoms with E-state index in [0.29, 0.717) is 23.6 Å². The number of nitrogens with zero attached hydrogens (tertiary/aromatic N) is 4. The van der Waals surface area contributed by atoms with Crippen LogP contribution in [0.5, 0.6) is 0 Å². The van der Waals surface area contributed by atoms with Gasteiger partial charge in [-0.1, -0.05) is 39.0 Å². The summed E-state index contributed by atoms with van der Waals surface area (Å²) in [7, 11) is 0. The van der Waals surface area contributed by atoms with E-state index in [1.54, 1.807) is 29.1 Å². The summed E-state index contributed by atoms with van der Waals surface area (Å²) in [6.07, 6.45) is 2.47. The van der Waals surface area contributed by atoms with Crippen molar-refractivity contribution in [1.82, 2.24) is 14.8 Å². The van der Waals surface area contributed by atoms with Gasteiger partial charge in [0.05, 0.1) is 16.3 Å². The van der Waals surface area contributed by atoms with E-state index in [1.165, 1.54) is 12.1 Å². The Balaban J connectivity index is 1.50. The highest BCUT2D eigenvalue weighted by Gasteiger charge is 2.22. The van der Waals surface area contributed by atoms with Gasteiger partial charge in [0.1, 0.15) is 5.82 Å². The molecule has 0 unspecified atom stereocenters. The molecule has 0 saturated carbocycles. The fourth-order valence-electron chi connectivity index (χ4n) is 3.45. The summed E-state index contributed by atoms with van der Waals surface area (Å²) >= 11 is 0. The summed E-state index contributed by atoms with van der Waals surface area (Å²) in [5, 5.41) is 21.3. The minimum absolute atomic E-state index is 0.0179. The molecule has 0 radical (unpaired) electrons. The molecule has 178 valence electrons. The van der Waals surface area contributed by atoms with Crippen molar-refractivity contribution < 1.29 is 9.72 Å². The van der Waals surface area contributed by atoms with Gasteiger partial charge in [-0.05, 0) is 42.0 Å². The molecule has 2 amide bonds. The molecule has 0 atom stereocenters. The largest absolute Gasteiger partial charge is 0.324 e. The van der Waals surface area contributed by atoms with E-state index in [1.807, 2.05) is 63.2 Å². The highest BCUT2D eigenvalue weighted by Crippen LogP contribution is 2.27. The number of carbonyl (C=O) groups excluding carboxylic acids is 1. The zero-order chi connectivity index (χ0) is 25.0. The molecule has 0 bridgehead atoms. The van der Waals surface area contributed by atoms with E-state index in [9.17, 15) is 14.9 Å². The summed E-state index contributed by atoms with van der Waals surface area (Å²) < 4.78 is 1.57. The summed E-state index contributed by atoms with van der Waals surface area (Å²) in [5.74, 6) is 0.452. The van der Waals surface area contributed by atoms with Crippen molar-refractivity contribution in [3.63, 3.8) is 0 Å². The quantitative estimate of drug-likeness (QED) is 0.277. The zero-order valence-corrected chi connectivity index (χ0v) is 19.7. The number of nitro groups is 1. The molecule has 0 aliphatic carbocycles. The number of carbonyl (C=O) groups is 1. The van der Waals surface area contributed by atoms with E-state index in [0.717, 1.165) is 17.0 Å². The third-order valence-corrected chi connectivity index (χ3v) is 5.35. The first-order chi connectivity index (χ1) is 16.7. The molecule has 0 spiro atoms. The normalized spacial score (nSPS) is 11.2. The van der Waals surface area contributed by atoms with Gasteiger partial charge < -0.3 is 5.32 Å². The first kappa shape index (κ1) is 23.6. The number of benzene rings is 2. The number of nitrogens with one attached hydrogen (secondary N) is 2. The smallest absolute Gasteiger partial charge is 0.308 e. The first-order valence-electron chi connectivity index (χ1n) is 11.1. The average Bonchev–Trinajstić information content (AvgIpc) is 3.25. The lowest BCUT2D eigenvalue weighted by Gasteiger charge is -2.14. The molecule has 4 rings (SSSR count). The van der Waals surface area contributed by atoms with E-state index < -0.39 is 11.0 Å². The number of hydrogen-bond acceptors (Lipinski definition) is 5. The molecule has 0 saturated heterocycles. The second-order valence-corrected chi connectivity index (χ2v) is 9.12. The van der Waals surface area contributed by atoms with Crippen molar-refractivity contribution in [1.29, 1.82) is 0 Å². The van der Waals surface area contributed by atoms with Gasteiger partial charge in [-0.25, -0.2) is 9.48 Å². The molecule has 2 N–H and O–H groups in total. The van der Waals surface area contributed by atoms with Crippen LogP contribution in [-0.2, 0) is 11.8 Å². The molecule has 35 heavy (non-hydrogen) atoms. The molecule has 9 nitrogen and oxygen atoms in total.